The Hall–Kier alpha value is -1.85. The average Bonchev–Trinajstić information content (AvgIpc) is 2.83. The van der Waals surface area contributed by atoms with Gasteiger partial charge >= 0.3 is 5.69 Å². The maximum absolute atomic E-state index is 12.7. The maximum atomic E-state index is 12.7. The largest absolute Gasteiger partial charge is 0.339 e. The fourth-order valence-corrected chi connectivity index (χ4v) is 2.26. The van der Waals surface area contributed by atoms with Crippen molar-refractivity contribution >= 4 is 11.2 Å². The van der Waals surface area contributed by atoms with E-state index in [4.69, 9.17) is 0 Å². The first-order valence-electron chi connectivity index (χ1n) is 7.03. The molecule has 2 aromatic rings. The Labute approximate surface area is 117 Å². The maximum Gasteiger partial charge on any atom is 0.333 e. The highest BCUT2D eigenvalue weighted by Crippen LogP contribution is 2.14. The fraction of sp³-hybridized carbons (Fsp3) is 0.643. The highest BCUT2D eigenvalue weighted by atomic mass is 16.2. The predicted molar refractivity (Wildman–Crippen MR) is 79.0 cm³/mol. The van der Waals surface area contributed by atoms with Crippen molar-refractivity contribution < 1.29 is 0 Å². The standard InChI is InChI=1S/C14H22N4O2/c1-8(2)6-17-12-11(15-7-16-12)13(19)18(14(17)20)10(5)9(3)4/h7-10H,6H2,1-5H3,(H,15,16). The van der Waals surface area contributed by atoms with Crippen LogP contribution in [0, 0.1) is 11.8 Å². The van der Waals surface area contributed by atoms with E-state index in [0.717, 1.165) is 0 Å². The first-order valence-corrected chi connectivity index (χ1v) is 7.03. The number of aromatic amines is 1. The third-order valence-electron chi connectivity index (χ3n) is 3.66. The average molecular weight is 278 g/mol. The molecule has 0 saturated carbocycles. The molecule has 0 saturated heterocycles. The summed E-state index contributed by atoms with van der Waals surface area (Å²) in [6.45, 7) is 10.5. The minimum absolute atomic E-state index is 0.152. The van der Waals surface area contributed by atoms with E-state index in [0.29, 0.717) is 23.6 Å². The van der Waals surface area contributed by atoms with Gasteiger partial charge in [0.2, 0.25) is 0 Å². The number of nitrogens with one attached hydrogen (secondary N) is 1. The molecule has 2 aromatic heterocycles. The Morgan fingerprint density at radius 2 is 1.85 bits per heavy atom. The summed E-state index contributed by atoms with van der Waals surface area (Å²) in [5.41, 5.74) is 0.284. The number of aromatic nitrogens is 4. The highest BCUT2D eigenvalue weighted by Gasteiger charge is 2.20. The molecule has 110 valence electrons. The van der Waals surface area contributed by atoms with Gasteiger partial charge in [-0.1, -0.05) is 27.7 Å². The summed E-state index contributed by atoms with van der Waals surface area (Å²) in [7, 11) is 0. The molecule has 20 heavy (non-hydrogen) atoms. The molecular formula is C14H22N4O2. The monoisotopic (exact) mass is 278 g/mol. The van der Waals surface area contributed by atoms with Crippen LogP contribution in [0.1, 0.15) is 40.7 Å². The van der Waals surface area contributed by atoms with E-state index in [1.54, 1.807) is 4.57 Å². The molecule has 6 heteroatoms. The molecule has 0 fully saturated rings. The quantitative estimate of drug-likeness (QED) is 0.926. The number of H-pyrrole nitrogens is 1. The SMILES string of the molecule is CC(C)Cn1c(=O)n(C(C)C(C)C)c(=O)c2[nH]cnc21. The minimum Gasteiger partial charge on any atom is -0.339 e. The number of rotatable bonds is 4. The van der Waals surface area contributed by atoms with Gasteiger partial charge in [-0.2, -0.15) is 0 Å². The van der Waals surface area contributed by atoms with E-state index in [1.807, 2.05) is 34.6 Å². The van der Waals surface area contributed by atoms with Crippen LogP contribution in [-0.2, 0) is 6.54 Å². The smallest absolute Gasteiger partial charge is 0.333 e. The van der Waals surface area contributed by atoms with Crippen LogP contribution in [0.4, 0.5) is 0 Å². The van der Waals surface area contributed by atoms with E-state index in [9.17, 15) is 9.59 Å². The number of fused-ring (bicyclic) bond motifs is 1. The lowest BCUT2D eigenvalue weighted by Crippen LogP contribution is -2.43. The summed E-state index contributed by atoms with van der Waals surface area (Å²) in [5, 5.41) is 0. The molecule has 0 aliphatic heterocycles. The Bertz CT molecular complexity index is 721. The van der Waals surface area contributed by atoms with Crippen molar-refractivity contribution in [3.63, 3.8) is 0 Å². The van der Waals surface area contributed by atoms with Gasteiger partial charge in [0.15, 0.2) is 5.65 Å². The van der Waals surface area contributed by atoms with Crippen LogP contribution >= 0.6 is 0 Å². The van der Waals surface area contributed by atoms with Crippen LogP contribution in [0.2, 0.25) is 0 Å². The van der Waals surface area contributed by atoms with E-state index < -0.39 is 0 Å². The molecule has 0 radical (unpaired) electrons. The fourth-order valence-electron chi connectivity index (χ4n) is 2.26. The van der Waals surface area contributed by atoms with Gasteiger partial charge in [-0.25, -0.2) is 9.78 Å². The van der Waals surface area contributed by atoms with Crippen molar-refractivity contribution in [3.8, 4) is 0 Å². The van der Waals surface area contributed by atoms with Crippen molar-refractivity contribution in [2.75, 3.05) is 0 Å². The molecule has 1 N–H and O–H groups in total. The van der Waals surface area contributed by atoms with E-state index in [2.05, 4.69) is 9.97 Å². The molecule has 0 spiro atoms. The van der Waals surface area contributed by atoms with Crippen LogP contribution in [0.25, 0.3) is 11.2 Å². The first kappa shape index (κ1) is 14.6. The van der Waals surface area contributed by atoms with Gasteiger partial charge in [0.25, 0.3) is 5.56 Å². The number of nitrogens with zero attached hydrogens (tertiary/aromatic N) is 3. The minimum atomic E-state index is -0.288. The molecule has 0 aliphatic rings. The number of imidazole rings is 1. The lowest BCUT2D eigenvalue weighted by atomic mass is 10.1. The second-order valence-corrected chi connectivity index (χ2v) is 6.05. The van der Waals surface area contributed by atoms with Crippen LogP contribution < -0.4 is 11.2 Å². The van der Waals surface area contributed by atoms with Gasteiger partial charge in [-0.3, -0.25) is 13.9 Å². The second kappa shape index (κ2) is 5.26. The summed E-state index contributed by atoms with van der Waals surface area (Å²) in [4.78, 5) is 32.1. The third-order valence-corrected chi connectivity index (χ3v) is 3.66. The lowest BCUT2D eigenvalue weighted by molar-refractivity contribution is 0.370. The zero-order valence-electron chi connectivity index (χ0n) is 12.7. The van der Waals surface area contributed by atoms with E-state index in [1.165, 1.54) is 10.9 Å². The van der Waals surface area contributed by atoms with Crippen molar-refractivity contribution in [1.29, 1.82) is 0 Å². The molecule has 0 aromatic carbocycles. The normalized spacial score (nSPS) is 13.6. The molecule has 6 nitrogen and oxygen atoms in total. The van der Waals surface area contributed by atoms with Crippen LogP contribution in [-0.4, -0.2) is 19.1 Å². The zero-order chi connectivity index (χ0) is 15.0. The second-order valence-electron chi connectivity index (χ2n) is 6.05. The van der Waals surface area contributed by atoms with Crippen LogP contribution in [0.5, 0.6) is 0 Å². The Morgan fingerprint density at radius 1 is 1.20 bits per heavy atom. The van der Waals surface area contributed by atoms with Gasteiger partial charge in [0.1, 0.15) is 5.52 Å². The van der Waals surface area contributed by atoms with Gasteiger partial charge in [0, 0.05) is 12.6 Å². The highest BCUT2D eigenvalue weighted by molar-refractivity contribution is 5.68. The van der Waals surface area contributed by atoms with E-state index >= 15 is 0 Å². The summed E-state index contributed by atoms with van der Waals surface area (Å²) in [6, 6.07) is -0.152. The molecule has 1 unspecified atom stereocenters. The van der Waals surface area contributed by atoms with Gasteiger partial charge in [-0.05, 0) is 18.8 Å². The third kappa shape index (κ3) is 2.30. The summed E-state index contributed by atoms with van der Waals surface area (Å²) in [5.74, 6) is 0.501. The zero-order valence-corrected chi connectivity index (χ0v) is 12.7. The van der Waals surface area contributed by atoms with Gasteiger partial charge in [0.05, 0.1) is 6.33 Å². The van der Waals surface area contributed by atoms with Crippen molar-refractivity contribution in [1.82, 2.24) is 19.1 Å². The Balaban J connectivity index is 2.82. The topological polar surface area (TPSA) is 72.7 Å². The van der Waals surface area contributed by atoms with Crippen LogP contribution in [0.15, 0.2) is 15.9 Å². The van der Waals surface area contributed by atoms with Crippen molar-refractivity contribution in [3.05, 3.63) is 27.2 Å². The molecule has 1 atom stereocenters. The van der Waals surface area contributed by atoms with Crippen LogP contribution in [0.3, 0.4) is 0 Å². The predicted octanol–water partition coefficient (Wildman–Crippen LogP) is 1.76. The summed E-state index contributed by atoms with van der Waals surface area (Å²) < 4.78 is 2.93. The Morgan fingerprint density at radius 3 is 2.40 bits per heavy atom. The van der Waals surface area contributed by atoms with E-state index in [-0.39, 0.29) is 23.2 Å². The summed E-state index contributed by atoms with van der Waals surface area (Å²) in [6.07, 6.45) is 1.46. The number of hydrogen-bond donors (Lipinski definition) is 1. The number of hydrogen-bond acceptors (Lipinski definition) is 3. The molecule has 0 aliphatic carbocycles. The molecule has 0 bridgehead atoms. The summed E-state index contributed by atoms with van der Waals surface area (Å²) >= 11 is 0. The Kier molecular flexibility index (Phi) is 3.83. The van der Waals surface area contributed by atoms with Crippen molar-refractivity contribution in [2.45, 2.75) is 47.2 Å². The first-order chi connectivity index (χ1) is 9.34. The molecule has 0 amide bonds. The van der Waals surface area contributed by atoms with Gasteiger partial charge < -0.3 is 4.98 Å². The molecule has 2 heterocycles. The molecule has 2 rings (SSSR count). The van der Waals surface area contributed by atoms with Crippen molar-refractivity contribution in [2.24, 2.45) is 11.8 Å². The van der Waals surface area contributed by atoms with Gasteiger partial charge in [-0.15, -0.1) is 0 Å². The molecular weight excluding hydrogens is 256 g/mol. The lowest BCUT2D eigenvalue weighted by Gasteiger charge is -2.20.